The van der Waals surface area contributed by atoms with Crippen LogP contribution in [0.1, 0.15) is 24.5 Å². The molecule has 1 fully saturated rings. The van der Waals surface area contributed by atoms with E-state index >= 15 is 0 Å². The van der Waals surface area contributed by atoms with Gasteiger partial charge in [0.1, 0.15) is 0 Å². The van der Waals surface area contributed by atoms with Crippen molar-refractivity contribution in [3.8, 4) is 0 Å². The molecule has 1 heterocycles. The second-order valence-corrected chi connectivity index (χ2v) is 3.68. The van der Waals surface area contributed by atoms with Crippen molar-refractivity contribution in [3.05, 3.63) is 28.8 Å². The molecule has 0 aliphatic heterocycles. The van der Waals surface area contributed by atoms with Crippen LogP contribution < -0.4 is 0 Å². The summed E-state index contributed by atoms with van der Waals surface area (Å²) in [5.74, 6) is -0.291. The normalized spacial score (nSPS) is 18.7. The van der Waals surface area contributed by atoms with Crippen LogP contribution in [-0.2, 0) is 0 Å². The number of aromatic nitrogens is 1. The smallest absolute Gasteiger partial charge is 0.164 e. The molecule has 1 aliphatic rings. The molecule has 70 valence electrons. The summed E-state index contributed by atoms with van der Waals surface area (Å²) < 4.78 is 12.9. The number of rotatable bonds is 2. The van der Waals surface area contributed by atoms with Crippen molar-refractivity contribution in [3.63, 3.8) is 0 Å². The van der Waals surface area contributed by atoms with Crippen molar-refractivity contribution in [1.29, 1.82) is 0 Å². The Balaban J connectivity index is 2.24. The summed E-state index contributed by atoms with van der Waals surface area (Å²) >= 11 is 5.41. The molecular formula is C9H9ClFNO. The van der Waals surface area contributed by atoms with Gasteiger partial charge in [-0.2, -0.15) is 0 Å². The minimum atomic E-state index is -0.584. The summed E-state index contributed by atoms with van der Waals surface area (Å²) in [4.78, 5) is 3.64. The van der Waals surface area contributed by atoms with E-state index in [0.717, 1.165) is 12.8 Å². The summed E-state index contributed by atoms with van der Waals surface area (Å²) in [5.41, 5.74) is 0.518. The lowest BCUT2D eigenvalue weighted by Crippen LogP contribution is -2.01. The molecule has 2 nitrogen and oxygen atoms in total. The second kappa shape index (κ2) is 3.24. The summed E-state index contributed by atoms with van der Waals surface area (Å²) in [6.07, 6.45) is 2.85. The van der Waals surface area contributed by atoms with Crippen molar-refractivity contribution < 1.29 is 9.50 Å². The SMILES string of the molecule is OC(c1cnc(Cl)c(F)c1)C1CC1. The zero-order valence-corrected chi connectivity index (χ0v) is 7.63. The monoisotopic (exact) mass is 201 g/mol. The second-order valence-electron chi connectivity index (χ2n) is 3.32. The Morgan fingerprint density at radius 2 is 2.31 bits per heavy atom. The third-order valence-corrected chi connectivity index (χ3v) is 2.51. The molecule has 13 heavy (non-hydrogen) atoms. The minimum Gasteiger partial charge on any atom is -0.388 e. The Morgan fingerprint density at radius 1 is 1.62 bits per heavy atom. The zero-order valence-electron chi connectivity index (χ0n) is 6.87. The number of aliphatic hydroxyl groups is 1. The lowest BCUT2D eigenvalue weighted by atomic mass is 10.1. The van der Waals surface area contributed by atoms with Gasteiger partial charge in [-0.1, -0.05) is 11.6 Å². The van der Waals surface area contributed by atoms with Crippen LogP contribution in [0.5, 0.6) is 0 Å². The van der Waals surface area contributed by atoms with Gasteiger partial charge in [0.05, 0.1) is 6.10 Å². The van der Waals surface area contributed by atoms with E-state index in [1.54, 1.807) is 0 Å². The van der Waals surface area contributed by atoms with E-state index in [1.807, 2.05) is 0 Å². The molecule has 0 spiro atoms. The molecule has 1 saturated carbocycles. The minimum absolute atomic E-state index is 0.147. The van der Waals surface area contributed by atoms with Gasteiger partial charge in [-0.15, -0.1) is 0 Å². The van der Waals surface area contributed by atoms with E-state index in [9.17, 15) is 9.50 Å². The van der Waals surface area contributed by atoms with Gasteiger partial charge in [0.15, 0.2) is 11.0 Å². The molecule has 4 heteroatoms. The number of aliphatic hydroxyl groups excluding tert-OH is 1. The Hall–Kier alpha value is -0.670. The fraction of sp³-hybridized carbons (Fsp3) is 0.444. The molecular weight excluding hydrogens is 193 g/mol. The summed E-state index contributed by atoms with van der Waals surface area (Å²) in [6.45, 7) is 0. The van der Waals surface area contributed by atoms with Gasteiger partial charge in [0.2, 0.25) is 0 Å². The molecule has 1 atom stereocenters. The van der Waals surface area contributed by atoms with Crippen LogP contribution >= 0.6 is 11.6 Å². The molecule has 0 aromatic carbocycles. The maximum absolute atomic E-state index is 12.9. The molecule has 0 radical (unpaired) electrons. The average molecular weight is 202 g/mol. The van der Waals surface area contributed by atoms with Crippen LogP contribution in [0, 0.1) is 11.7 Å². The Kier molecular flexibility index (Phi) is 2.22. The van der Waals surface area contributed by atoms with E-state index in [2.05, 4.69) is 4.98 Å². The van der Waals surface area contributed by atoms with E-state index < -0.39 is 11.9 Å². The number of halogens is 2. The van der Waals surface area contributed by atoms with Crippen molar-refractivity contribution >= 4 is 11.6 Å². The first-order valence-electron chi connectivity index (χ1n) is 4.17. The Bertz CT molecular complexity index is 327. The van der Waals surface area contributed by atoms with Crippen molar-refractivity contribution in [2.75, 3.05) is 0 Å². The van der Waals surface area contributed by atoms with Gasteiger partial charge in [-0.25, -0.2) is 9.37 Å². The lowest BCUT2D eigenvalue weighted by Gasteiger charge is -2.08. The van der Waals surface area contributed by atoms with Gasteiger partial charge in [0, 0.05) is 11.8 Å². The van der Waals surface area contributed by atoms with Crippen LogP contribution in [0.2, 0.25) is 5.15 Å². The molecule has 0 amide bonds. The largest absolute Gasteiger partial charge is 0.388 e. The van der Waals surface area contributed by atoms with Crippen LogP contribution in [0.3, 0.4) is 0 Å². The molecule has 1 N–H and O–H groups in total. The average Bonchev–Trinajstić information content (AvgIpc) is 2.91. The molecule has 1 aromatic heterocycles. The molecule has 1 aromatic rings. The number of pyridine rings is 1. The molecule has 0 bridgehead atoms. The maximum Gasteiger partial charge on any atom is 0.164 e. The van der Waals surface area contributed by atoms with Gasteiger partial charge in [-0.3, -0.25) is 0 Å². The fourth-order valence-corrected chi connectivity index (χ4v) is 1.39. The maximum atomic E-state index is 12.9. The van der Waals surface area contributed by atoms with Crippen LogP contribution in [0.4, 0.5) is 4.39 Å². The van der Waals surface area contributed by atoms with E-state index in [4.69, 9.17) is 11.6 Å². The first kappa shape index (κ1) is 8.91. The quantitative estimate of drug-likeness (QED) is 0.745. The van der Waals surface area contributed by atoms with Crippen LogP contribution in [-0.4, -0.2) is 10.1 Å². The van der Waals surface area contributed by atoms with E-state index in [0.29, 0.717) is 5.56 Å². The highest BCUT2D eigenvalue weighted by Gasteiger charge is 2.31. The lowest BCUT2D eigenvalue weighted by molar-refractivity contribution is 0.153. The summed E-state index contributed by atoms with van der Waals surface area (Å²) in [6, 6.07) is 1.25. The predicted molar refractivity (Wildman–Crippen MR) is 46.9 cm³/mol. The summed E-state index contributed by atoms with van der Waals surface area (Å²) in [5, 5.41) is 9.48. The first-order valence-corrected chi connectivity index (χ1v) is 4.55. The molecule has 1 unspecified atom stereocenters. The third-order valence-electron chi connectivity index (χ3n) is 2.23. The Labute approximate surface area is 80.4 Å². The van der Waals surface area contributed by atoms with Crippen LogP contribution in [0.25, 0.3) is 0 Å². The highest BCUT2D eigenvalue weighted by Crippen LogP contribution is 2.40. The molecule has 0 saturated heterocycles. The van der Waals surface area contributed by atoms with Gasteiger partial charge < -0.3 is 5.11 Å². The number of hydrogen-bond acceptors (Lipinski definition) is 2. The van der Waals surface area contributed by atoms with E-state index in [-0.39, 0.29) is 11.1 Å². The summed E-state index contributed by atoms with van der Waals surface area (Å²) in [7, 11) is 0. The van der Waals surface area contributed by atoms with Gasteiger partial charge in [-0.05, 0) is 24.8 Å². The standard InChI is InChI=1S/C9H9ClFNO/c10-9-7(11)3-6(4-12-9)8(13)5-1-2-5/h3-5,8,13H,1-2H2. The van der Waals surface area contributed by atoms with Gasteiger partial charge in [0.25, 0.3) is 0 Å². The Morgan fingerprint density at radius 3 is 2.85 bits per heavy atom. The highest BCUT2D eigenvalue weighted by molar-refractivity contribution is 6.29. The van der Waals surface area contributed by atoms with Crippen molar-refractivity contribution in [1.82, 2.24) is 4.98 Å². The van der Waals surface area contributed by atoms with Crippen LogP contribution in [0.15, 0.2) is 12.3 Å². The van der Waals surface area contributed by atoms with Gasteiger partial charge >= 0.3 is 0 Å². The molecule has 2 rings (SSSR count). The van der Waals surface area contributed by atoms with Crippen molar-refractivity contribution in [2.24, 2.45) is 5.92 Å². The molecule has 1 aliphatic carbocycles. The predicted octanol–water partition coefficient (Wildman–Crippen LogP) is 2.32. The topological polar surface area (TPSA) is 33.1 Å². The zero-order chi connectivity index (χ0) is 9.42. The number of hydrogen-bond donors (Lipinski definition) is 1. The number of nitrogens with zero attached hydrogens (tertiary/aromatic N) is 1. The highest BCUT2D eigenvalue weighted by atomic mass is 35.5. The third kappa shape index (κ3) is 1.81. The first-order chi connectivity index (χ1) is 6.18. The van der Waals surface area contributed by atoms with E-state index in [1.165, 1.54) is 12.3 Å². The van der Waals surface area contributed by atoms with Crippen molar-refractivity contribution in [2.45, 2.75) is 18.9 Å². The fourth-order valence-electron chi connectivity index (χ4n) is 1.28.